The smallest absolute Gasteiger partial charge is 0.278 e. The Morgan fingerprint density at radius 1 is 0.935 bits per heavy atom. The molecule has 7 nitrogen and oxygen atoms in total. The number of anilines is 1. The lowest BCUT2D eigenvalue weighted by Gasteiger charge is -2.16. The highest BCUT2D eigenvalue weighted by Gasteiger charge is 2.39. The molecule has 3 rings (SSSR count). The van der Waals surface area contributed by atoms with Crippen molar-refractivity contribution >= 4 is 23.1 Å². The number of aryl methyl sites for hydroxylation is 2. The van der Waals surface area contributed by atoms with Gasteiger partial charge >= 0.3 is 0 Å². The maximum atomic E-state index is 13.3. The van der Waals surface area contributed by atoms with Gasteiger partial charge in [0.2, 0.25) is 0 Å². The van der Waals surface area contributed by atoms with Gasteiger partial charge in [-0.3, -0.25) is 14.5 Å². The molecule has 7 heteroatoms. The van der Waals surface area contributed by atoms with Crippen LogP contribution >= 0.6 is 0 Å². The number of methoxy groups -OCH3 is 3. The summed E-state index contributed by atoms with van der Waals surface area (Å²) in [6.45, 7) is 4.67. The average Bonchev–Trinajstić information content (AvgIpc) is 2.98. The zero-order chi connectivity index (χ0) is 22.5. The Morgan fingerprint density at radius 3 is 2.35 bits per heavy atom. The van der Waals surface area contributed by atoms with Gasteiger partial charge in [-0.15, -0.1) is 0 Å². The second-order valence-corrected chi connectivity index (χ2v) is 7.37. The molecular formula is C24H28N2O5. The molecule has 0 spiro atoms. The van der Waals surface area contributed by atoms with E-state index in [-0.39, 0.29) is 24.1 Å². The summed E-state index contributed by atoms with van der Waals surface area (Å²) in [5.41, 5.74) is 3.90. The molecule has 0 bridgehead atoms. The van der Waals surface area contributed by atoms with Gasteiger partial charge in [-0.1, -0.05) is 23.8 Å². The number of ether oxygens (including phenoxy) is 3. The van der Waals surface area contributed by atoms with Crippen molar-refractivity contribution in [2.45, 2.75) is 20.3 Å². The quantitative estimate of drug-likeness (QED) is 0.490. The molecule has 0 fully saturated rings. The average molecular weight is 424 g/mol. The van der Waals surface area contributed by atoms with Gasteiger partial charge in [0.15, 0.2) is 0 Å². The van der Waals surface area contributed by atoms with E-state index in [1.54, 1.807) is 32.4 Å². The van der Waals surface area contributed by atoms with Crippen LogP contribution in [0.3, 0.4) is 0 Å². The van der Waals surface area contributed by atoms with E-state index in [9.17, 15) is 9.59 Å². The van der Waals surface area contributed by atoms with Crippen molar-refractivity contribution in [3.63, 3.8) is 0 Å². The van der Waals surface area contributed by atoms with E-state index in [1.807, 2.05) is 32.0 Å². The van der Waals surface area contributed by atoms with Crippen LogP contribution in [0.2, 0.25) is 0 Å². The van der Waals surface area contributed by atoms with Crippen LogP contribution in [0.4, 0.5) is 5.69 Å². The van der Waals surface area contributed by atoms with Gasteiger partial charge in [0, 0.05) is 26.3 Å². The maximum absolute atomic E-state index is 13.3. The van der Waals surface area contributed by atoms with Crippen molar-refractivity contribution in [2.24, 2.45) is 0 Å². The molecule has 1 heterocycles. The van der Waals surface area contributed by atoms with Crippen LogP contribution in [0.1, 0.15) is 23.1 Å². The second kappa shape index (κ2) is 9.66. The summed E-state index contributed by atoms with van der Waals surface area (Å²) >= 11 is 0. The highest BCUT2D eigenvalue weighted by atomic mass is 16.5. The second-order valence-electron chi connectivity index (χ2n) is 7.37. The first-order valence-electron chi connectivity index (χ1n) is 10.1. The Hall–Kier alpha value is -3.32. The van der Waals surface area contributed by atoms with Crippen LogP contribution in [0.15, 0.2) is 42.1 Å². The third-order valence-corrected chi connectivity index (χ3v) is 5.22. The molecule has 0 atom stereocenters. The lowest BCUT2D eigenvalue weighted by Crippen LogP contribution is -2.34. The topological polar surface area (TPSA) is 77.1 Å². The number of rotatable bonds is 9. The highest BCUT2D eigenvalue weighted by Crippen LogP contribution is 2.36. The summed E-state index contributed by atoms with van der Waals surface area (Å²) in [4.78, 5) is 27.9. The van der Waals surface area contributed by atoms with Gasteiger partial charge < -0.3 is 19.5 Å². The molecule has 0 aromatic heterocycles. The summed E-state index contributed by atoms with van der Waals surface area (Å²) in [5.74, 6) is 0.447. The first-order valence-corrected chi connectivity index (χ1v) is 10.1. The molecule has 0 saturated heterocycles. The fourth-order valence-corrected chi connectivity index (χ4v) is 3.64. The predicted molar refractivity (Wildman–Crippen MR) is 119 cm³/mol. The number of hydrogen-bond acceptors (Lipinski definition) is 6. The third-order valence-electron chi connectivity index (χ3n) is 5.22. The molecule has 0 aliphatic carbocycles. The van der Waals surface area contributed by atoms with E-state index in [2.05, 4.69) is 5.32 Å². The predicted octanol–water partition coefficient (Wildman–Crippen LogP) is 3.55. The number of nitrogens with zero attached hydrogens (tertiary/aromatic N) is 1. The van der Waals surface area contributed by atoms with Gasteiger partial charge in [0.1, 0.15) is 17.2 Å². The molecule has 0 unspecified atom stereocenters. The fourth-order valence-electron chi connectivity index (χ4n) is 3.64. The first-order chi connectivity index (χ1) is 14.9. The zero-order valence-electron chi connectivity index (χ0n) is 18.6. The molecule has 0 radical (unpaired) electrons. The molecular weight excluding hydrogens is 396 g/mol. The van der Waals surface area contributed by atoms with Crippen molar-refractivity contribution in [2.75, 3.05) is 39.8 Å². The SMILES string of the molecule is COCCCN1C(=O)C(Nc2ccc(OC)cc2OC)=C(c2ccc(C)cc2C)C1=O. The molecule has 2 aromatic rings. The molecule has 31 heavy (non-hydrogen) atoms. The van der Waals surface area contributed by atoms with Crippen LogP contribution in [0.25, 0.3) is 5.57 Å². The molecule has 2 aromatic carbocycles. The first kappa shape index (κ1) is 22.4. The van der Waals surface area contributed by atoms with E-state index < -0.39 is 0 Å². The fraction of sp³-hybridized carbons (Fsp3) is 0.333. The number of carbonyl (C=O) groups is 2. The van der Waals surface area contributed by atoms with Gasteiger partial charge in [-0.25, -0.2) is 0 Å². The minimum atomic E-state index is -0.367. The van der Waals surface area contributed by atoms with E-state index in [1.165, 1.54) is 12.0 Å². The summed E-state index contributed by atoms with van der Waals surface area (Å²) in [5, 5.41) is 3.16. The largest absolute Gasteiger partial charge is 0.497 e. The van der Waals surface area contributed by atoms with E-state index in [0.29, 0.717) is 35.8 Å². The number of benzene rings is 2. The molecule has 2 amide bonds. The highest BCUT2D eigenvalue weighted by molar-refractivity contribution is 6.36. The van der Waals surface area contributed by atoms with Crippen LogP contribution in [-0.2, 0) is 14.3 Å². The standard InChI is InChI=1S/C24H28N2O5/c1-15-7-9-18(16(2)13-15)21-22(24(28)26(23(21)27)11-6-12-29-3)25-19-10-8-17(30-4)14-20(19)31-5/h7-10,13-14,25H,6,11-12H2,1-5H3. The van der Waals surface area contributed by atoms with Gasteiger partial charge in [-0.05, 0) is 43.5 Å². The van der Waals surface area contributed by atoms with Gasteiger partial charge in [-0.2, -0.15) is 0 Å². The van der Waals surface area contributed by atoms with Crippen LogP contribution in [0, 0.1) is 13.8 Å². The number of carbonyl (C=O) groups excluding carboxylic acids is 2. The number of imide groups is 1. The van der Waals surface area contributed by atoms with Gasteiger partial charge in [0.25, 0.3) is 11.8 Å². The maximum Gasteiger partial charge on any atom is 0.278 e. The minimum absolute atomic E-state index is 0.234. The summed E-state index contributed by atoms with van der Waals surface area (Å²) in [7, 11) is 4.70. The van der Waals surface area contributed by atoms with E-state index in [0.717, 1.165) is 16.7 Å². The van der Waals surface area contributed by atoms with E-state index in [4.69, 9.17) is 14.2 Å². The third kappa shape index (κ3) is 4.56. The Kier molecular flexibility index (Phi) is 6.97. The van der Waals surface area contributed by atoms with Crippen LogP contribution in [-0.4, -0.2) is 51.2 Å². The molecule has 1 aliphatic rings. The number of nitrogens with one attached hydrogen (secondary N) is 1. The van der Waals surface area contributed by atoms with Crippen LogP contribution < -0.4 is 14.8 Å². The Balaban J connectivity index is 2.07. The zero-order valence-corrected chi connectivity index (χ0v) is 18.6. The Morgan fingerprint density at radius 2 is 1.71 bits per heavy atom. The Bertz CT molecular complexity index is 1030. The normalized spacial score (nSPS) is 13.8. The number of amides is 2. The number of hydrogen-bond donors (Lipinski definition) is 1. The van der Waals surface area contributed by atoms with Gasteiger partial charge in [0.05, 0.1) is 25.5 Å². The summed E-state index contributed by atoms with van der Waals surface area (Å²) in [6.07, 6.45) is 0.563. The van der Waals surface area contributed by atoms with Crippen molar-refractivity contribution in [3.05, 3.63) is 58.8 Å². The summed E-state index contributed by atoms with van der Waals surface area (Å²) in [6, 6.07) is 11.1. The van der Waals surface area contributed by atoms with E-state index >= 15 is 0 Å². The van der Waals surface area contributed by atoms with Crippen molar-refractivity contribution in [3.8, 4) is 11.5 Å². The molecule has 0 saturated carbocycles. The van der Waals surface area contributed by atoms with Crippen molar-refractivity contribution < 1.29 is 23.8 Å². The minimum Gasteiger partial charge on any atom is -0.497 e. The Labute approximate surface area is 182 Å². The summed E-state index contributed by atoms with van der Waals surface area (Å²) < 4.78 is 15.8. The lowest BCUT2D eigenvalue weighted by molar-refractivity contribution is -0.137. The van der Waals surface area contributed by atoms with Crippen LogP contribution in [0.5, 0.6) is 11.5 Å². The van der Waals surface area contributed by atoms with Crippen molar-refractivity contribution in [1.82, 2.24) is 4.90 Å². The monoisotopic (exact) mass is 424 g/mol. The molecule has 1 N–H and O–H groups in total. The van der Waals surface area contributed by atoms with Crippen molar-refractivity contribution in [1.29, 1.82) is 0 Å². The molecule has 1 aliphatic heterocycles. The molecule has 164 valence electrons. The lowest BCUT2D eigenvalue weighted by atomic mass is 9.97.